The molecule has 2 aromatic rings. The van der Waals surface area contributed by atoms with E-state index in [1.165, 1.54) is 12.3 Å². The molecule has 7 heteroatoms. The van der Waals surface area contributed by atoms with E-state index in [-0.39, 0.29) is 17.4 Å². The minimum atomic E-state index is -0.489. The molecule has 0 radical (unpaired) electrons. The molecule has 94 valence electrons. The molecule has 0 aliphatic heterocycles. The van der Waals surface area contributed by atoms with Gasteiger partial charge in [0.25, 0.3) is 5.56 Å². The van der Waals surface area contributed by atoms with Crippen LogP contribution in [0.25, 0.3) is 0 Å². The van der Waals surface area contributed by atoms with Crippen molar-refractivity contribution >= 4 is 33.2 Å². The summed E-state index contributed by atoms with van der Waals surface area (Å²) in [5.41, 5.74) is 0.330. The molecule has 1 aromatic heterocycles. The molecule has 18 heavy (non-hydrogen) atoms. The van der Waals surface area contributed by atoms with E-state index in [1.807, 2.05) is 0 Å². The van der Waals surface area contributed by atoms with Crippen molar-refractivity contribution < 1.29 is 4.39 Å². The quantitative estimate of drug-likeness (QED) is 0.908. The smallest absolute Gasteiger partial charge is 0.285 e. The van der Waals surface area contributed by atoms with Crippen molar-refractivity contribution in [2.24, 2.45) is 0 Å². The van der Waals surface area contributed by atoms with E-state index >= 15 is 0 Å². The highest BCUT2D eigenvalue weighted by Crippen LogP contribution is 2.19. The molecule has 1 heterocycles. The topological polar surface area (TPSA) is 57.8 Å². The van der Waals surface area contributed by atoms with Crippen LogP contribution < -0.4 is 10.9 Å². The first-order chi connectivity index (χ1) is 8.58. The first-order valence-electron chi connectivity index (χ1n) is 4.99. The Kier molecular flexibility index (Phi) is 3.98. The number of hydrogen-bond donors (Lipinski definition) is 2. The third-order valence-electron chi connectivity index (χ3n) is 2.27. The van der Waals surface area contributed by atoms with Crippen molar-refractivity contribution in [2.45, 2.75) is 6.54 Å². The maximum Gasteiger partial charge on any atom is 0.285 e. The largest absolute Gasteiger partial charge is 0.378 e. The van der Waals surface area contributed by atoms with Gasteiger partial charge in [0.1, 0.15) is 10.8 Å². The van der Waals surface area contributed by atoms with Crippen LogP contribution in [0.15, 0.2) is 33.7 Å². The number of benzene rings is 1. The molecular weight excluding hydrogens is 324 g/mol. The SMILES string of the molecule is O=c1[nH]ncc(NCc2cc(Br)ccc2F)c1Cl. The standard InChI is InChI=1S/C11H8BrClFN3O/c12-7-1-2-8(14)6(3-7)4-15-9-5-16-17-11(18)10(9)13/h1-3,5H,4H2,(H2,15,17,18). The summed E-state index contributed by atoms with van der Waals surface area (Å²) in [5.74, 6) is -0.334. The fourth-order valence-corrected chi connectivity index (χ4v) is 1.94. The van der Waals surface area contributed by atoms with Gasteiger partial charge < -0.3 is 5.32 Å². The van der Waals surface area contributed by atoms with Gasteiger partial charge in [0.2, 0.25) is 0 Å². The van der Waals surface area contributed by atoms with Crippen LogP contribution in [0.4, 0.5) is 10.1 Å². The van der Waals surface area contributed by atoms with E-state index in [0.717, 1.165) is 4.47 Å². The van der Waals surface area contributed by atoms with E-state index in [4.69, 9.17) is 11.6 Å². The summed E-state index contributed by atoms with van der Waals surface area (Å²) in [6.07, 6.45) is 1.37. The number of H-pyrrole nitrogens is 1. The molecular formula is C11H8BrClFN3O. The molecule has 0 atom stereocenters. The van der Waals surface area contributed by atoms with Crippen LogP contribution >= 0.6 is 27.5 Å². The van der Waals surface area contributed by atoms with Crippen LogP contribution in [0.2, 0.25) is 5.02 Å². The van der Waals surface area contributed by atoms with Gasteiger partial charge in [0, 0.05) is 16.6 Å². The fourth-order valence-electron chi connectivity index (χ4n) is 1.38. The molecule has 0 amide bonds. The number of aromatic amines is 1. The molecule has 0 aliphatic rings. The summed E-state index contributed by atoms with van der Waals surface area (Å²) < 4.78 is 14.2. The van der Waals surface area contributed by atoms with E-state index < -0.39 is 5.56 Å². The molecule has 0 aliphatic carbocycles. The second kappa shape index (κ2) is 5.49. The molecule has 1 aromatic carbocycles. The van der Waals surface area contributed by atoms with Crippen molar-refractivity contribution in [1.82, 2.24) is 10.2 Å². The normalized spacial score (nSPS) is 10.4. The molecule has 0 spiro atoms. The first-order valence-corrected chi connectivity index (χ1v) is 6.16. The van der Waals surface area contributed by atoms with Crippen LogP contribution in [0.1, 0.15) is 5.56 Å². The summed E-state index contributed by atoms with van der Waals surface area (Å²) in [4.78, 5) is 11.2. The van der Waals surface area contributed by atoms with Gasteiger partial charge in [-0.05, 0) is 18.2 Å². The van der Waals surface area contributed by atoms with Gasteiger partial charge >= 0.3 is 0 Å². The summed E-state index contributed by atoms with van der Waals surface area (Å²) in [6, 6.07) is 4.62. The van der Waals surface area contributed by atoms with Crippen LogP contribution in [0.5, 0.6) is 0 Å². The number of aromatic nitrogens is 2. The lowest BCUT2D eigenvalue weighted by Gasteiger charge is -2.08. The summed E-state index contributed by atoms with van der Waals surface area (Å²) in [5, 5.41) is 8.67. The second-order valence-electron chi connectivity index (χ2n) is 3.52. The summed E-state index contributed by atoms with van der Waals surface area (Å²) >= 11 is 9.04. The zero-order valence-electron chi connectivity index (χ0n) is 9.01. The van der Waals surface area contributed by atoms with Crippen molar-refractivity contribution in [1.29, 1.82) is 0 Å². The highest BCUT2D eigenvalue weighted by atomic mass is 79.9. The molecule has 0 unspecified atom stereocenters. The minimum Gasteiger partial charge on any atom is -0.378 e. The lowest BCUT2D eigenvalue weighted by atomic mass is 10.2. The summed E-state index contributed by atoms with van der Waals surface area (Å²) in [7, 11) is 0. The predicted molar refractivity (Wildman–Crippen MR) is 71.3 cm³/mol. The molecule has 0 fully saturated rings. The average molecular weight is 333 g/mol. The zero-order valence-corrected chi connectivity index (χ0v) is 11.3. The van der Waals surface area contributed by atoms with Crippen molar-refractivity contribution in [2.75, 3.05) is 5.32 Å². The van der Waals surface area contributed by atoms with Gasteiger partial charge in [-0.1, -0.05) is 27.5 Å². The third-order valence-corrected chi connectivity index (χ3v) is 3.14. The minimum absolute atomic E-state index is 0.000375. The Balaban J connectivity index is 2.19. The van der Waals surface area contributed by atoms with Gasteiger partial charge in [0.05, 0.1) is 11.9 Å². The van der Waals surface area contributed by atoms with Crippen molar-refractivity contribution in [3.63, 3.8) is 0 Å². The molecule has 2 N–H and O–H groups in total. The van der Waals surface area contributed by atoms with Gasteiger partial charge in [-0.15, -0.1) is 0 Å². The highest BCUT2D eigenvalue weighted by molar-refractivity contribution is 9.10. The van der Waals surface area contributed by atoms with Gasteiger partial charge in [0.15, 0.2) is 0 Å². The van der Waals surface area contributed by atoms with E-state index in [9.17, 15) is 9.18 Å². The lowest BCUT2D eigenvalue weighted by Crippen LogP contribution is -2.12. The molecule has 0 saturated heterocycles. The number of nitrogens with one attached hydrogen (secondary N) is 2. The molecule has 4 nitrogen and oxygen atoms in total. The zero-order chi connectivity index (χ0) is 13.1. The lowest BCUT2D eigenvalue weighted by molar-refractivity contribution is 0.612. The Hall–Kier alpha value is -1.40. The van der Waals surface area contributed by atoms with Gasteiger partial charge in [-0.3, -0.25) is 4.79 Å². The van der Waals surface area contributed by atoms with Crippen LogP contribution in [-0.2, 0) is 6.54 Å². The number of anilines is 1. The molecule has 2 rings (SSSR count). The number of halogens is 3. The van der Waals surface area contributed by atoms with Crippen LogP contribution in [0, 0.1) is 5.82 Å². The molecule has 0 saturated carbocycles. The first kappa shape index (κ1) is 13.0. The van der Waals surface area contributed by atoms with Gasteiger partial charge in [-0.2, -0.15) is 5.10 Å². The number of rotatable bonds is 3. The van der Waals surface area contributed by atoms with E-state index in [0.29, 0.717) is 11.3 Å². The Morgan fingerprint density at radius 1 is 1.50 bits per heavy atom. The van der Waals surface area contributed by atoms with Crippen LogP contribution in [-0.4, -0.2) is 10.2 Å². The Bertz CT molecular complexity index is 632. The Morgan fingerprint density at radius 2 is 2.28 bits per heavy atom. The fraction of sp³-hybridized carbons (Fsp3) is 0.0909. The van der Waals surface area contributed by atoms with Crippen LogP contribution in [0.3, 0.4) is 0 Å². The number of nitrogens with zero attached hydrogens (tertiary/aromatic N) is 1. The Labute approximate surface area is 115 Å². The average Bonchev–Trinajstić information content (AvgIpc) is 2.35. The maximum atomic E-state index is 13.5. The highest BCUT2D eigenvalue weighted by Gasteiger charge is 2.07. The third kappa shape index (κ3) is 2.88. The Morgan fingerprint density at radius 3 is 3.06 bits per heavy atom. The summed E-state index contributed by atoms with van der Waals surface area (Å²) in [6.45, 7) is 0.204. The predicted octanol–water partition coefficient (Wildman–Crippen LogP) is 2.94. The second-order valence-corrected chi connectivity index (χ2v) is 4.81. The number of hydrogen-bond acceptors (Lipinski definition) is 3. The van der Waals surface area contributed by atoms with Crippen molar-refractivity contribution in [3.05, 3.63) is 55.6 Å². The van der Waals surface area contributed by atoms with E-state index in [1.54, 1.807) is 12.1 Å². The molecule has 0 bridgehead atoms. The maximum absolute atomic E-state index is 13.5. The van der Waals surface area contributed by atoms with Gasteiger partial charge in [-0.25, -0.2) is 9.49 Å². The monoisotopic (exact) mass is 331 g/mol. The van der Waals surface area contributed by atoms with E-state index in [2.05, 4.69) is 31.4 Å². The van der Waals surface area contributed by atoms with Crippen molar-refractivity contribution in [3.8, 4) is 0 Å².